The predicted molar refractivity (Wildman–Crippen MR) is 72.7 cm³/mol. The highest BCUT2D eigenvalue weighted by Gasteiger charge is 2.20. The van der Waals surface area contributed by atoms with Gasteiger partial charge in [0.25, 0.3) is 0 Å². The van der Waals surface area contributed by atoms with Crippen molar-refractivity contribution >= 4 is 21.8 Å². The summed E-state index contributed by atoms with van der Waals surface area (Å²) in [4.78, 5) is 3.27. The smallest absolute Gasteiger partial charge is 0.117 e. The van der Waals surface area contributed by atoms with Crippen LogP contribution in [0.2, 0.25) is 0 Å². The highest BCUT2D eigenvalue weighted by atomic mass is 16.3. The first-order chi connectivity index (χ1) is 8.47. The first-order valence-electron chi connectivity index (χ1n) is 5.93. The zero-order valence-corrected chi connectivity index (χ0v) is 10.4. The molecule has 18 heavy (non-hydrogen) atoms. The largest absolute Gasteiger partial charge is 0.508 e. The lowest BCUT2D eigenvalue weighted by Gasteiger charge is -2.18. The van der Waals surface area contributed by atoms with Crippen LogP contribution in [0, 0.1) is 0 Å². The van der Waals surface area contributed by atoms with E-state index >= 15 is 0 Å². The zero-order valence-electron chi connectivity index (χ0n) is 10.4. The second-order valence-corrected chi connectivity index (χ2v) is 5.14. The van der Waals surface area contributed by atoms with Crippen LogP contribution < -0.4 is 0 Å². The molecule has 1 heterocycles. The van der Waals surface area contributed by atoms with E-state index in [-0.39, 0.29) is 5.75 Å². The van der Waals surface area contributed by atoms with E-state index in [0.717, 1.165) is 27.4 Å². The number of rotatable bonds is 1. The molecule has 0 bridgehead atoms. The summed E-state index contributed by atoms with van der Waals surface area (Å²) < 4.78 is 0. The Hall–Kier alpha value is -2.00. The van der Waals surface area contributed by atoms with Crippen molar-refractivity contribution in [2.45, 2.75) is 19.4 Å². The number of benzene rings is 2. The number of phenols is 1. The fourth-order valence-corrected chi connectivity index (χ4v) is 2.43. The molecular formula is C15H15NO2. The fraction of sp³-hybridized carbons (Fsp3) is 0.200. The Kier molecular flexibility index (Phi) is 2.16. The van der Waals surface area contributed by atoms with Crippen LogP contribution in [0.15, 0.2) is 36.4 Å². The maximum absolute atomic E-state index is 10.2. The molecule has 3 rings (SSSR count). The molecule has 0 saturated heterocycles. The molecule has 3 heteroatoms. The second-order valence-electron chi connectivity index (χ2n) is 5.14. The van der Waals surface area contributed by atoms with E-state index in [1.807, 2.05) is 24.3 Å². The highest BCUT2D eigenvalue weighted by Crippen LogP contribution is 2.33. The number of hydrogen-bond acceptors (Lipinski definition) is 2. The van der Waals surface area contributed by atoms with E-state index in [0.29, 0.717) is 0 Å². The SMILES string of the molecule is CC(C)(O)c1cccc2c1[nH]c1cc(O)ccc12. The van der Waals surface area contributed by atoms with Gasteiger partial charge in [0.1, 0.15) is 5.75 Å². The first-order valence-corrected chi connectivity index (χ1v) is 5.93. The van der Waals surface area contributed by atoms with Gasteiger partial charge in [-0.05, 0) is 26.0 Å². The molecule has 3 nitrogen and oxygen atoms in total. The van der Waals surface area contributed by atoms with E-state index in [9.17, 15) is 10.2 Å². The first kappa shape index (κ1) is 11.1. The molecule has 0 atom stereocenters. The van der Waals surface area contributed by atoms with Crippen LogP contribution in [0.4, 0.5) is 0 Å². The number of aliphatic hydroxyl groups is 1. The van der Waals surface area contributed by atoms with Crippen LogP contribution in [0.3, 0.4) is 0 Å². The Labute approximate surface area is 105 Å². The molecule has 92 valence electrons. The monoisotopic (exact) mass is 241 g/mol. The molecule has 0 aliphatic rings. The van der Waals surface area contributed by atoms with Gasteiger partial charge in [0.15, 0.2) is 0 Å². The maximum Gasteiger partial charge on any atom is 0.117 e. The number of H-pyrrole nitrogens is 1. The van der Waals surface area contributed by atoms with Crippen molar-refractivity contribution < 1.29 is 10.2 Å². The van der Waals surface area contributed by atoms with Crippen molar-refractivity contribution in [2.24, 2.45) is 0 Å². The van der Waals surface area contributed by atoms with Crippen molar-refractivity contribution in [3.63, 3.8) is 0 Å². The predicted octanol–water partition coefficient (Wildman–Crippen LogP) is 3.25. The molecule has 0 saturated carbocycles. The van der Waals surface area contributed by atoms with Gasteiger partial charge in [-0.1, -0.05) is 18.2 Å². The van der Waals surface area contributed by atoms with Gasteiger partial charge in [-0.2, -0.15) is 0 Å². The Bertz CT molecular complexity index is 735. The van der Waals surface area contributed by atoms with Crippen LogP contribution in [-0.2, 0) is 5.60 Å². The molecular weight excluding hydrogens is 226 g/mol. The molecule has 1 aromatic heterocycles. The van der Waals surface area contributed by atoms with Crippen LogP contribution in [0.25, 0.3) is 21.8 Å². The third-order valence-corrected chi connectivity index (χ3v) is 3.28. The highest BCUT2D eigenvalue weighted by molar-refractivity contribution is 6.08. The van der Waals surface area contributed by atoms with Crippen LogP contribution in [0.1, 0.15) is 19.4 Å². The number of hydrogen-bond donors (Lipinski definition) is 3. The standard InChI is InChI=1S/C15H15NO2/c1-15(2,18)12-5-3-4-11-10-7-6-9(17)8-13(10)16-14(11)12/h3-8,16-18H,1-2H3. The van der Waals surface area contributed by atoms with Gasteiger partial charge in [0.2, 0.25) is 0 Å². The van der Waals surface area contributed by atoms with E-state index in [1.165, 1.54) is 0 Å². The zero-order chi connectivity index (χ0) is 12.9. The molecule has 0 aliphatic carbocycles. The third-order valence-electron chi connectivity index (χ3n) is 3.28. The van der Waals surface area contributed by atoms with Gasteiger partial charge in [0, 0.05) is 22.4 Å². The van der Waals surface area contributed by atoms with Crippen molar-refractivity contribution in [1.29, 1.82) is 0 Å². The number of aromatic nitrogens is 1. The van der Waals surface area contributed by atoms with Gasteiger partial charge >= 0.3 is 0 Å². The van der Waals surface area contributed by atoms with E-state index in [4.69, 9.17) is 0 Å². The molecule has 0 fully saturated rings. The van der Waals surface area contributed by atoms with E-state index in [1.54, 1.807) is 26.0 Å². The Morgan fingerprint density at radius 3 is 2.56 bits per heavy atom. The average molecular weight is 241 g/mol. The fourth-order valence-electron chi connectivity index (χ4n) is 2.43. The average Bonchev–Trinajstić information content (AvgIpc) is 2.64. The summed E-state index contributed by atoms with van der Waals surface area (Å²) in [6, 6.07) is 11.1. The number of aromatic hydroxyl groups is 1. The molecule has 0 radical (unpaired) electrons. The number of fused-ring (bicyclic) bond motifs is 3. The molecule has 0 unspecified atom stereocenters. The molecule has 0 spiro atoms. The summed E-state index contributed by atoms with van der Waals surface area (Å²) in [6.45, 7) is 3.54. The van der Waals surface area contributed by atoms with Gasteiger partial charge in [-0.25, -0.2) is 0 Å². The van der Waals surface area contributed by atoms with Crippen LogP contribution in [0.5, 0.6) is 5.75 Å². The van der Waals surface area contributed by atoms with E-state index in [2.05, 4.69) is 4.98 Å². The minimum Gasteiger partial charge on any atom is -0.508 e. The minimum absolute atomic E-state index is 0.235. The van der Waals surface area contributed by atoms with Crippen molar-refractivity contribution in [3.8, 4) is 5.75 Å². The van der Waals surface area contributed by atoms with Crippen LogP contribution in [-0.4, -0.2) is 15.2 Å². The number of phenolic OH excluding ortho intramolecular Hbond substituents is 1. The number of para-hydroxylation sites is 1. The van der Waals surface area contributed by atoms with Crippen molar-refractivity contribution in [1.82, 2.24) is 4.98 Å². The normalized spacial score (nSPS) is 12.4. The number of aromatic amines is 1. The molecule has 2 aromatic carbocycles. The van der Waals surface area contributed by atoms with E-state index < -0.39 is 5.60 Å². The third kappa shape index (κ3) is 1.56. The molecule has 3 aromatic rings. The molecule has 3 N–H and O–H groups in total. The Balaban J connectivity index is 2.46. The summed E-state index contributed by atoms with van der Waals surface area (Å²) in [5.41, 5.74) is 1.76. The summed E-state index contributed by atoms with van der Waals surface area (Å²) >= 11 is 0. The number of nitrogens with one attached hydrogen (secondary N) is 1. The van der Waals surface area contributed by atoms with Gasteiger partial charge in [-0.3, -0.25) is 0 Å². The summed E-state index contributed by atoms with van der Waals surface area (Å²) in [5, 5.41) is 21.8. The minimum atomic E-state index is -0.900. The Morgan fingerprint density at radius 2 is 1.83 bits per heavy atom. The Morgan fingerprint density at radius 1 is 1.06 bits per heavy atom. The topological polar surface area (TPSA) is 56.2 Å². The molecule has 0 aliphatic heterocycles. The summed E-state index contributed by atoms with van der Waals surface area (Å²) in [5.74, 6) is 0.235. The van der Waals surface area contributed by atoms with Crippen molar-refractivity contribution in [3.05, 3.63) is 42.0 Å². The maximum atomic E-state index is 10.2. The molecule has 0 amide bonds. The van der Waals surface area contributed by atoms with Gasteiger partial charge < -0.3 is 15.2 Å². The van der Waals surface area contributed by atoms with Crippen molar-refractivity contribution in [2.75, 3.05) is 0 Å². The lowest BCUT2D eigenvalue weighted by molar-refractivity contribution is 0.0800. The lowest BCUT2D eigenvalue weighted by Crippen LogP contribution is -2.15. The van der Waals surface area contributed by atoms with Gasteiger partial charge in [-0.15, -0.1) is 0 Å². The summed E-state index contributed by atoms with van der Waals surface area (Å²) in [7, 11) is 0. The lowest BCUT2D eigenvalue weighted by atomic mass is 9.96. The van der Waals surface area contributed by atoms with Crippen LogP contribution >= 0.6 is 0 Å². The quantitative estimate of drug-likeness (QED) is 0.612. The van der Waals surface area contributed by atoms with Gasteiger partial charge in [0.05, 0.1) is 16.6 Å². The second kappa shape index (κ2) is 3.50. The summed E-state index contributed by atoms with van der Waals surface area (Å²) in [6.07, 6.45) is 0.